The quantitative estimate of drug-likeness (QED) is 0.312. The third kappa shape index (κ3) is 5.40. The van der Waals surface area contributed by atoms with Crippen LogP contribution in [0.3, 0.4) is 0 Å². The van der Waals surface area contributed by atoms with Crippen molar-refractivity contribution in [3.63, 3.8) is 0 Å². The van der Waals surface area contributed by atoms with Gasteiger partial charge in [0, 0.05) is 24.2 Å². The molecule has 38 heavy (non-hydrogen) atoms. The molecule has 2 heterocycles. The molecule has 3 aromatic carbocycles. The number of H-pyrrole nitrogens is 1. The van der Waals surface area contributed by atoms with E-state index < -0.39 is 11.6 Å². The maximum absolute atomic E-state index is 13.7. The van der Waals surface area contributed by atoms with Gasteiger partial charge in [-0.1, -0.05) is 54.1 Å². The predicted octanol–water partition coefficient (Wildman–Crippen LogP) is 5.51. The van der Waals surface area contributed by atoms with Crippen molar-refractivity contribution in [2.45, 2.75) is 52.4 Å². The molecule has 5 aromatic rings. The van der Waals surface area contributed by atoms with Gasteiger partial charge in [-0.2, -0.15) is 0 Å². The molecular formula is C30H31FN6O. The molecule has 194 valence electrons. The van der Waals surface area contributed by atoms with Crippen LogP contribution in [0.25, 0.3) is 10.9 Å². The molecule has 0 fully saturated rings. The van der Waals surface area contributed by atoms with Crippen molar-refractivity contribution in [2.24, 2.45) is 0 Å². The topological polar surface area (TPSA) is 79.7 Å². The number of rotatable bonds is 7. The monoisotopic (exact) mass is 510 g/mol. The third-order valence-corrected chi connectivity index (χ3v) is 6.59. The molecule has 2 aromatic heterocycles. The van der Waals surface area contributed by atoms with E-state index in [0.29, 0.717) is 24.5 Å². The Kier molecular flexibility index (Phi) is 6.91. The van der Waals surface area contributed by atoms with Crippen LogP contribution < -0.4 is 5.56 Å². The summed E-state index contributed by atoms with van der Waals surface area (Å²) < 4.78 is 15.5. The van der Waals surface area contributed by atoms with E-state index in [2.05, 4.69) is 43.6 Å². The summed E-state index contributed by atoms with van der Waals surface area (Å²) in [4.78, 5) is 18.9. The first-order valence-electron chi connectivity index (χ1n) is 12.6. The van der Waals surface area contributed by atoms with Crippen molar-refractivity contribution in [3.05, 3.63) is 123 Å². The van der Waals surface area contributed by atoms with E-state index in [1.54, 1.807) is 16.8 Å². The average molecular weight is 511 g/mol. The summed E-state index contributed by atoms with van der Waals surface area (Å²) in [6.07, 6.45) is 0. The van der Waals surface area contributed by atoms with Crippen LogP contribution in [0.2, 0.25) is 0 Å². The lowest BCUT2D eigenvalue weighted by molar-refractivity contribution is 0.184. The number of aryl methyl sites for hydroxylation is 1. The zero-order chi connectivity index (χ0) is 26.9. The highest BCUT2D eigenvalue weighted by Gasteiger charge is 2.33. The highest BCUT2D eigenvalue weighted by atomic mass is 19.1. The lowest BCUT2D eigenvalue weighted by Gasteiger charge is -2.33. The Balaban J connectivity index is 1.73. The van der Waals surface area contributed by atoms with Gasteiger partial charge in [0.05, 0.1) is 5.54 Å². The molecular weight excluding hydrogens is 479 g/mol. The molecule has 1 atom stereocenters. The zero-order valence-electron chi connectivity index (χ0n) is 22.0. The Morgan fingerprint density at radius 3 is 2.32 bits per heavy atom. The summed E-state index contributed by atoms with van der Waals surface area (Å²) in [6, 6.07) is 23.8. The molecule has 1 N–H and O–H groups in total. The molecule has 0 aliphatic rings. The highest BCUT2D eigenvalue weighted by molar-refractivity contribution is 5.79. The van der Waals surface area contributed by atoms with Crippen LogP contribution in [0.1, 0.15) is 54.9 Å². The van der Waals surface area contributed by atoms with E-state index in [-0.39, 0.29) is 11.4 Å². The van der Waals surface area contributed by atoms with E-state index in [4.69, 9.17) is 0 Å². The van der Waals surface area contributed by atoms with Crippen LogP contribution in [-0.2, 0) is 18.6 Å². The Bertz CT molecular complexity index is 1600. The molecule has 5 rings (SSSR count). The zero-order valence-corrected chi connectivity index (χ0v) is 22.0. The second-order valence-corrected chi connectivity index (χ2v) is 10.7. The molecule has 8 heteroatoms. The van der Waals surface area contributed by atoms with E-state index in [9.17, 15) is 9.18 Å². The molecule has 0 radical (unpaired) electrons. The number of benzene rings is 3. The summed E-state index contributed by atoms with van der Waals surface area (Å²) >= 11 is 0. The van der Waals surface area contributed by atoms with Crippen LogP contribution in [0.5, 0.6) is 0 Å². The summed E-state index contributed by atoms with van der Waals surface area (Å²) in [6.45, 7) is 9.07. The lowest BCUT2D eigenvalue weighted by atomic mass is 9.99. The van der Waals surface area contributed by atoms with Crippen LogP contribution >= 0.6 is 0 Å². The molecule has 0 spiro atoms. The standard InChI is InChI=1S/C30H31FN6O/c1-20-10-15-26-23(16-20)17-25(29(38)32-26)27(28-33-34-35-37(28)30(2,3)4)36(18-21-8-6-5-7-9-21)19-22-11-13-24(31)14-12-22/h5-17,27H,18-19H2,1-4H3,(H,32,38). The molecule has 1 unspecified atom stereocenters. The predicted molar refractivity (Wildman–Crippen MR) is 146 cm³/mol. The van der Waals surface area contributed by atoms with Gasteiger partial charge in [-0.15, -0.1) is 5.10 Å². The maximum atomic E-state index is 13.7. The molecule has 0 bridgehead atoms. The number of hydrogen-bond donors (Lipinski definition) is 1. The Morgan fingerprint density at radius 2 is 1.63 bits per heavy atom. The van der Waals surface area contributed by atoms with Crippen molar-refractivity contribution in [2.75, 3.05) is 0 Å². The molecule has 0 aliphatic heterocycles. The third-order valence-electron chi connectivity index (χ3n) is 6.59. The Hall–Kier alpha value is -4.17. The molecule has 0 amide bonds. The molecule has 0 saturated carbocycles. The van der Waals surface area contributed by atoms with Gasteiger partial charge in [-0.25, -0.2) is 9.07 Å². The number of nitrogens with zero attached hydrogens (tertiary/aromatic N) is 5. The fraction of sp³-hybridized carbons (Fsp3) is 0.267. The number of tetrazole rings is 1. The van der Waals surface area contributed by atoms with Crippen LogP contribution in [-0.4, -0.2) is 30.1 Å². The lowest BCUT2D eigenvalue weighted by Crippen LogP contribution is -2.37. The SMILES string of the molecule is Cc1ccc2[nH]c(=O)c(C(c3nnnn3C(C)(C)C)N(Cc3ccccc3)Cc3ccc(F)cc3)cc2c1. The minimum atomic E-state index is -0.580. The number of halogens is 1. The number of nitrogens with one attached hydrogen (secondary N) is 1. The normalized spacial score (nSPS) is 12.8. The Labute approximate surface area is 220 Å². The van der Waals surface area contributed by atoms with Crippen LogP contribution in [0.15, 0.2) is 83.7 Å². The van der Waals surface area contributed by atoms with Crippen molar-refractivity contribution >= 4 is 10.9 Å². The summed E-state index contributed by atoms with van der Waals surface area (Å²) in [5.41, 5.74) is 3.77. The van der Waals surface area contributed by atoms with E-state index >= 15 is 0 Å². The number of hydrogen-bond acceptors (Lipinski definition) is 5. The fourth-order valence-corrected chi connectivity index (χ4v) is 4.77. The van der Waals surface area contributed by atoms with E-state index in [1.165, 1.54) is 12.1 Å². The van der Waals surface area contributed by atoms with Crippen molar-refractivity contribution in [3.8, 4) is 0 Å². The molecule has 0 saturated heterocycles. The number of fused-ring (bicyclic) bond motifs is 1. The molecule has 0 aliphatic carbocycles. The summed E-state index contributed by atoms with van der Waals surface area (Å²) in [5.74, 6) is 0.269. The van der Waals surface area contributed by atoms with Gasteiger partial charge < -0.3 is 4.98 Å². The largest absolute Gasteiger partial charge is 0.322 e. The minimum Gasteiger partial charge on any atom is -0.322 e. The first-order chi connectivity index (χ1) is 18.2. The minimum absolute atomic E-state index is 0.202. The van der Waals surface area contributed by atoms with Gasteiger partial charge >= 0.3 is 0 Å². The highest BCUT2D eigenvalue weighted by Crippen LogP contribution is 2.32. The Morgan fingerprint density at radius 1 is 0.947 bits per heavy atom. The first kappa shape index (κ1) is 25.5. The number of aromatic amines is 1. The van der Waals surface area contributed by atoms with Gasteiger partial charge in [0.25, 0.3) is 5.56 Å². The number of pyridine rings is 1. The van der Waals surface area contributed by atoms with Gasteiger partial charge in [-0.05, 0) is 85.0 Å². The van der Waals surface area contributed by atoms with Crippen molar-refractivity contribution < 1.29 is 4.39 Å². The van der Waals surface area contributed by atoms with Crippen LogP contribution in [0.4, 0.5) is 4.39 Å². The van der Waals surface area contributed by atoms with Crippen molar-refractivity contribution in [1.82, 2.24) is 30.1 Å². The van der Waals surface area contributed by atoms with Gasteiger partial charge in [-0.3, -0.25) is 9.69 Å². The van der Waals surface area contributed by atoms with Gasteiger partial charge in [0.2, 0.25) is 0 Å². The molecule has 7 nitrogen and oxygen atoms in total. The second-order valence-electron chi connectivity index (χ2n) is 10.7. The van der Waals surface area contributed by atoms with Gasteiger partial charge in [0.15, 0.2) is 5.82 Å². The van der Waals surface area contributed by atoms with Crippen molar-refractivity contribution in [1.29, 1.82) is 0 Å². The van der Waals surface area contributed by atoms with E-state index in [1.807, 2.05) is 64.1 Å². The summed E-state index contributed by atoms with van der Waals surface area (Å²) in [5, 5.41) is 13.7. The fourth-order valence-electron chi connectivity index (χ4n) is 4.77. The second kappa shape index (κ2) is 10.3. The maximum Gasteiger partial charge on any atom is 0.253 e. The average Bonchev–Trinajstić information content (AvgIpc) is 3.37. The van der Waals surface area contributed by atoms with Crippen LogP contribution in [0, 0.1) is 12.7 Å². The number of aromatic nitrogens is 5. The summed E-state index contributed by atoms with van der Waals surface area (Å²) in [7, 11) is 0. The smallest absolute Gasteiger partial charge is 0.253 e. The first-order valence-corrected chi connectivity index (χ1v) is 12.6. The van der Waals surface area contributed by atoms with Gasteiger partial charge in [0.1, 0.15) is 11.9 Å². The van der Waals surface area contributed by atoms with E-state index in [0.717, 1.165) is 27.6 Å².